The normalized spacial score (nSPS) is 20.6. The van der Waals surface area contributed by atoms with E-state index in [-0.39, 0.29) is 0 Å². The minimum absolute atomic E-state index is 0.594. The molecule has 3 rings (SSSR count). The van der Waals surface area contributed by atoms with Crippen LogP contribution in [0.3, 0.4) is 0 Å². The van der Waals surface area contributed by atoms with E-state index in [9.17, 15) is 0 Å². The second kappa shape index (κ2) is 5.43. The van der Waals surface area contributed by atoms with Gasteiger partial charge in [-0.25, -0.2) is 0 Å². The highest BCUT2D eigenvalue weighted by atomic mass is 15.3. The average Bonchev–Trinajstić information content (AvgIpc) is 2.49. The Morgan fingerprint density at radius 3 is 2.55 bits per heavy atom. The van der Waals surface area contributed by atoms with E-state index in [1.807, 2.05) is 0 Å². The van der Waals surface area contributed by atoms with Crippen molar-refractivity contribution in [2.24, 2.45) is 5.73 Å². The predicted molar refractivity (Wildman–Crippen MR) is 86.1 cm³/mol. The van der Waals surface area contributed by atoms with Crippen LogP contribution in [0.2, 0.25) is 0 Å². The van der Waals surface area contributed by atoms with Crippen molar-refractivity contribution < 1.29 is 0 Å². The van der Waals surface area contributed by atoms with Gasteiger partial charge in [0, 0.05) is 43.3 Å². The van der Waals surface area contributed by atoms with Crippen molar-refractivity contribution in [2.75, 3.05) is 31.6 Å². The Morgan fingerprint density at radius 1 is 1.10 bits per heavy atom. The Bertz CT molecular complexity index is 608. The Morgan fingerprint density at radius 2 is 1.85 bits per heavy atom. The molecule has 3 heteroatoms. The third-order valence-electron chi connectivity index (χ3n) is 4.51. The van der Waals surface area contributed by atoms with E-state index in [1.165, 1.54) is 22.0 Å². The zero-order valence-corrected chi connectivity index (χ0v) is 12.3. The molecule has 1 fully saturated rings. The maximum absolute atomic E-state index is 5.86. The number of fused-ring (bicyclic) bond motifs is 1. The summed E-state index contributed by atoms with van der Waals surface area (Å²) in [6.45, 7) is 6.19. The summed E-state index contributed by atoms with van der Waals surface area (Å²) >= 11 is 0. The van der Waals surface area contributed by atoms with Crippen LogP contribution in [-0.2, 0) is 6.54 Å². The quantitative estimate of drug-likeness (QED) is 0.909. The van der Waals surface area contributed by atoms with Crippen LogP contribution in [0.4, 0.5) is 5.69 Å². The number of nitrogens with zero attached hydrogens (tertiary/aromatic N) is 2. The van der Waals surface area contributed by atoms with Gasteiger partial charge in [-0.05, 0) is 31.0 Å². The highest BCUT2D eigenvalue weighted by Gasteiger charge is 2.22. The van der Waals surface area contributed by atoms with Crippen molar-refractivity contribution in [1.29, 1.82) is 0 Å². The molecular formula is C17H23N3. The zero-order chi connectivity index (χ0) is 14.1. The SMILES string of the molecule is CC1CN(c2ccc(CN)c3ccccc23)CCN1C. The van der Waals surface area contributed by atoms with Crippen molar-refractivity contribution >= 4 is 16.5 Å². The number of rotatable bonds is 2. The van der Waals surface area contributed by atoms with Crippen LogP contribution in [-0.4, -0.2) is 37.6 Å². The molecule has 1 saturated heterocycles. The first-order valence-corrected chi connectivity index (χ1v) is 7.36. The van der Waals surface area contributed by atoms with Gasteiger partial charge in [0.15, 0.2) is 0 Å². The van der Waals surface area contributed by atoms with E-state index >= 15 is 0 Å². The highest BCUT2D eigenvalue weighted by molar-refractivity contribution is 5.96. The number of nitrogens with two attached hydrogens (primary N) is 1. The zero-order valence-electron chi connectivity index (χ0n) is 12.3. The Balaban J connectivity index is 2.04. The summed E-state index contributed by atoms with van der Waals surface area (Å²) in [6.07, 6.45) is 0. The van der Waals surface area contributed by atoms with E-state index in [0.717, 1.165) is 19.6 Å². The first-order valence-electron chi connectivity index (χ1n) is 7.36. The lowest BCUT2D eigenvalue weighted by Gasteiger charge is -2.39. The van der Waals surface area contributed by atoms with Gasteiger partial charge in [0.2, 0.25) is 0 Å². The second-order valence-electron chi connectivity index (χ2n) is 5.77. The first kappa shape index (κ1) is 13.4. The van der Waals surface area contributed by atoms with Crippen LogP contribution in [0.25, 0.3) is 10.8 Å². The first-order chi connectivity index (χ1) is 9.70. The minimum atomic E-state index is 0.594. The molecule has 0 bridgehead atoms. The van der Waals surface area contributed by atoms with Gasteiger partial charge in [-0.1, -0.05) is 30.3 Å². The van der Waals surface area contributed by atoms with Crippen LogP contribution < -0.4 is 10.6 Å². The van der Waals surface area contributed by atoms with Crippen LogP contribution in [0.5, 0.6) is 0 Å². The van der Waals surface area contributed by atoms with Gasteiger partial charge in [0.05, 0.1) is 0 Å². The van der Waals surface area contributed by atoms with Gasteiger partial charge < -0.3 is 15.5 Å². The maximum atomic E-state index is 5.86. The monoisotopic (exact) mass is 269 g/mol. The van der Waals surface area contributed by atoms with Crippen LogP contribution in [0, 0.1) is 0 Å². The van der Waals surface area contributed by atoms with E-state index in [1.54, 1.807) is 0 Å². The summed E-state index contributed by atoms with van der Waals surface area (Å²) in [5.74, 6) is 0. The standard InChI is InChI=1S/C17H23N3/c1-13-12-20(10-9-19(13)2)17-8-7-14(11-18)15-5-3-4-6-16(15)17/h3-8,13H,9-12,18H2,1-2H3. The van der Waals surface area contributed by atoms with E-state index in [0.29, 0.717) is 12.6 Å². The van der Waals surface area contributed by atoms with Gasteiger partial charge in [-0.15, -0.1) is 0 Å². The lowest BCUT2D eigenvalue weighted by Crippen LogP contribution is -2.50. The smallest absolute Gasteiger partial charge is 0.0447 e. The summed E-state index contributed by atoms with van der Waals surface area (Å²) in [4.78, 5) is 4.93. The molecule has 20 heavy (non-hydrogen) atoms. The molecule has 0 radical (unpaired) electrons. The lowest BCUT2D eigenvalue weighted by molar-refractivity contribution is 0.234. The van der Waals surface area contributed by atoms with Crippen LogP contribution in [0.15, 0.2) is 36.4 Å². The third kappa shape index (κ3) is 2.28. The topological polar surface area (TPSA) is 32.5 Å². The summed E-state index contributed by atoms with van der Waals surface area (Å²) in [5.41, 5.74) is 8.44. The van der Waals surface area contributed by atoms with Crippen molar-refractivity contribution in [3.05, 3.63) is 42.0 Å². The molecule has 1 atom stereocenters. The predicted octanol–water partition coefficient (Wildman–Crippen LogP) is 2.44. The number of hydrogen-bond acceptors (Lipinski definition) is 3. The molecule has 1 aliphatic heterocycles. The fourth-order valence-corrected chi connectivity index (χ4v) is 3.07. The highest BCUT2D eigenvalue weighted by Crippen LogP contribution is 2.30. The van der Waals surface area contributed by atoms with Gasteiger partial charge in [0.1, 0.15) is 0 Å². The summed E-state index contributed by atoms with van der Waals surface area (Å²) in [6, 6.07) is 13.6. The van der Waals surface area contributed by atoms with Crippen molar-refractivity contribution in [3.8, 4) is 0 Å². The van der Waals surface area contributed by atoms with Gasteiger partial charge in [-0.2, -0.15) is 0 Å². The molecule has 106 valence electrons. The molecule has 2 aromatic rings. The molecule has 2 aromatic carbocycles. The minimum Gasteiger partial charge on any atom is -0.368 e. The molecule has 1 aliphatic rings. The summed E-state index contributed by atoms with van der Waals surface area (Å²) < 4.78 is 0. The lowest BCUT2D eigenvalue weighted by atomic mass is 10.0. The number of benzene rings is 2. The van der Waals surface area contributed by atoms with Crippen molar-refractivity contribution in [1.82, 2.24) is 4.90 Å². The fourth-order valence-electron chi connectivity index (χ4n) is 3.07. The summed E-state index contributed by atoms with van der Waals surface area (Å²) in [7, 11) is 2.21. The maximum Gasteiger partial charge on any atom is 0.0447 e. The summed E-state index contributed by atoms with van der Waals surface area (Å²) in [5, 5.41) is 2.62. The van der Waals surface area contributed by atoms with Crippen molar-refractivity contribution in [2.45, 2.75) is 19.5 Å². The number of piperazine rings is 1. The van der Waals surface area contributed by atoms with E-state index in [2.05, 4.69) is 60.2 Å². The Labute approximate surface area is 121 Å². The molecular weight excluding hydrogens is 246 g/mol. The van der Waals surface area contributed by atoms with Gasteiger partial charge in [0.25, 0.3) is 0 Å². The Hall–Kier alpha value is -1.58. The van der Waals surface area contributed by atoms with Crippen molar-refractivity contribution in [3.63, 3.8) is 0 Å². The molecule has 1 unspecified atom stereocenters. The Kier molecular flexibility index (Phi) is 3.64. The molecule has 1 heterocycles. The van der Waals surface area contributed by atoms with Crippen LogP contribution >= 0.6 is 0 Å². The van der Waals surface area contributed by atoms with E-state index < -0.39 is 0 Å². The fraction of sp³-hybridized carbons (Fsp3) is 0.412. The molecule has 3 nitrogen and oxygen atoms in total. The molecule has 0 spiro atoms. The van der Waals surface area contributed by atoms with Crippen LogP contribution in [0.1, 0.15) is 12.5 Å². The number of likely N-dealkylation sites (N-methyl/N-ethyl adjacent to an activating group) is 1. The molecule has 2 N–H and O–H groups in total. The van der Waals surface area contributed by atoms with E-state index in [4.69, 9.17) is 5.73 Å². The average molecular weight is 269 g/mol. The largest absolute Gasteiger partial charge is 0.368 e. The second-order valence-corrected chi connectivity index (χ2v) is 5.77. The molecule has 0 saturated carbocycles. The number of hydrogen-bond donors (Lipinski definition) is 1. The number of anilines is 1. The third-order valence-corrected chi connectivity index (χ3v) is 4.51. The van der Waals surface area contributed by atoms with Gasteiger partial charge >= 0.3 is 0 Å². The van der Waals surface area contributed by atoms with Gasteiger partial charge in [-0.3, -0.25) is 0 Å². The molecule has 0 amide bonds. The molecule has 0 aliphatic carbocycles. The molecule has 0 aromatic heterocycles.